The Morgan fingerprint density at radius 1 is 1.47 bits per heavy atom. The van der Waals surface area contributed by atoms with Crippen molar-refractivity contribution in [2.24, 2.45) is 5.92 Å². The first-order valence-electron chi connectivity index (χ1n) is 6.76. The first-order valence-corrected chi connectivity index (χ1v) is 7.56. The van der Waals surface area contributed by atoms with Crippen LogP contribution >= 0.6 is 15.9 Å². The van der Waals surface area contributed by atoms with Gasteiger partial charge in [0.15, 0.2) is 0 Å². The van der Waals surface area contributed by atoms with Gasteiger partial charge in [-0.2, -0.15) is 0 Å². The largest absolute Gasteiger partial charge is 0.393 e. The van der Waals surface area contributed by atoms with Gasteiger partial charge in [-0.15, -0.1) is 0 Å². The van der Waals surface area contributed by atoms with E-state index in [1.165, 1.54) is 0 Å². The molecule has 1 aromatic carbocycles. The maximum atomic E-state index is 12.2. The Morgan fingerprint density at radius 2 is 2.16 bits per heavy atom. The van der Waals surface area contributed by atoms with Crippen LogP contribution in [0.25, 0.3) is 0 Å². The average molecular weight is 326 g/mol. The van der Waals surface area contributed by atoms with Crippen molar-refractivity contribution in [1.82, 2.24) is 4.90 Å². The van der Waals surface area contributed by atoms with Crippen molar-refractivity contribution < 1.29 is 9.90 Å². The second kappa shape index (κ2) is 6.53. The van der Waals surface area contributed by atoms with Crippen LogP contribution in [0.5, 0.6) is 0 Å². The van der Waals surface area contributed by atoms with Gasteiger partial charge in [0.1, 0.15) is 0 Å². The van der Waals surface area contributed by atoms with E-state index in [1.807, 2.05) is 36.1 Å². The molecule has 0 aromatic heterocycles. The van der Waals surface area contributed by atoms with Gasteiger partial charge >= 0.3 is 0 Å². The number of rotatable bonds is 3. The van der Waals surface area contributed by atoms with Gasteiger partial charge in [0, 0.05) is 17.6 Å². The molecule has 0 radical (unpaired) electrons. The molecule has 0 bridgehead atoms. The normalized spacial score (nSPS) is 18.4. The Balaban J connectivity index is 1.88. The zero-order valence-electron chi connectivity index (χ0n) is 11.2. The van der Waals surface area contributed by atoms with Crippen LogP contribution in [0.4, 0.5) is 0 Å². The summed E-state index contributed by atoms with van der Waals surface area (Å²) in [6.07, 6.45) is 2.00. The minimum absolute atomic E-state index is 0.183. The number of piperidine rings is 1. The molecule has 4 heteroatoms. The summed E-state index contributed by atoms with van der Waals surface area (Å²) in [5.74, 6) is 0.525. The Kier molecular flexibility index (Phi) is 4.99. The van der Waals surface area contributed by atoms with E-state index >= 15 is 0 Å². The highest BCUT2D eigenvalue weighted by Gasteiger charge is 2.25. The van der Waals surface area contributed by atoms with Gasteiger partial charge in [-0.25, -0.2) is 0 Å². The molecule has 0 aliphatic carbocycles. The van der Waals surface area contributed by atoms with Gasteiger partial charge in [-0.1, -0.05) is 28.1 Å². The average Bonchev–Trinajstić information content (AvgIpc) is 2.39. The standard InChI is InChI=1S/C15H20BrNO2/c1-11(18)13-5-7-17(8-6-13)15(19)10-12-3-2-4-14(16)9-12/h2-4,9,11,13,18H,5-8,10H2,1H3. The zero-order valence-corrected chi connectivity index (χ0v) is 12.8. The Labute approximate surface area is 122 Å². The van der Waals surface area contributed by atoms with Gasteiger partial charge in [0.25, 0.3) is 0 Å². The van der Waals surface area contributed by atoms with Gasteiger partial charge in [-0.3, -0.25) is 4.79 Å². The van der Waals surface area contributed by atoms with E-state index in [0.717, 1.165) is 36.0 Å². The molecule has 0 spiro atoms. The summed E-state index contributed by atoms with van der Waals surface area (Å²) in [6.45, 7) is 3.37. The molecule has 1 aliphatic heterocycles. The number of carbonyl (C=O) groups excluding carboxylic acids is 1. The highest BCUT2D eigenvalue weighted by atomic mass is 79.9. The van der Waals surface area contributed by atoms with Crippen LogP contribution in [0.3, 0.4) is 0 Å². The van der Waals surface area contributed by atoms with Gasteiger partial charge in [-0.05, 0) is 43.4 Å². The van der Waals surface area contributed by atoms with Gasteiger partial charge < -0.3 is 10.0 Å². The molecule has 2 rings (SSSR count). The fourth-order valence-corrected chi connectivity index (χ4v) is 3.01. The van der Waals surface area contributed by atoms with Crippen molar-refractivity contribution >= 4 is 21.8 Å². The van der Waals surface area contributed by atoms with Crippen molar-refractivity contribution in [2.45, 2.75) is 32.3 Å². The second-order valence-corrected chi connectivity index (χ2v) is 6.18. The number of aliphatic hydroxyl groups excluding tert-OH is 1. The van der Waals surface area contributed by atoms with Crippen LogP contribution in [0, 0.1) is 5.92 Å². The molecule has 104 valence electrons. The van der Waals surface area contributed by atoms with E-state index in [2.05, 4.69) is 15.9 Å². The molecule has 0 saturated carbocycles. The summed E-state index contributed by atoms with van der Waals surface area (Å²) in [5, 5.41) is 9.56. The number of carbonyl (C=O) groups is 1. The summed E-state index contributed by atoms with van der Waals surface area (Å²) < 4.78 is 1.01. The lowest BCUT2D eigenvalue weighted by molar-refractivity contribution is -0.132. The SMILES string of the molecule is CC(O)C1CCN(C(=O)Cc2cccc(Br)c2)CC1. The van der Waals surface area contributed by atoms with E-state index in [4.69, 9.17) is 0 Å². The van der Waals surface area contributed by atoms with E-state index in [9.17, 15) is 9.90 Å². The molecule has 1 heterocycles. The van der Waals surface area contributed by atoms with Crippen molar-refractivity contribution in [3.63, 3.8) is 0 Å². The number of halogens is 1. The number of amides is 1. The predicted molar refractivity (Wildman–Crippen MR) is 78.8 cm³/mol. The molecular weight excluding hydrogens is 306 g/mol. The van der Waals surface area contributed by atoms with E-state index in [-0.39, 0.29) is 12.0 Å². The molecular formula is C15H20BrNO2. The third kappa shape index (κ3) is 4.05. The van der Waals surface area contributed by atoms with Crippen molar-refractivity contribution in [1.29, 1.82) is 0 Å². The summed E-state index contributed by atoms with van der Waals surface area (Å²) in [5.41, 5.74) is 1.04. The van der Waals surface area contributed by atoms with Crippen LogP contribution in [0.15, 0.2) is 28.7 Å². The molecule has 1 unspecified atom stereocenters. The van der Waals surface area contributed by atoms with E-state index in [1.54, 1.807) is 0 Å². The molecule has 1 saturated heterocycles. The van der Waals surface area contributed by atoms with Crippen molar-refractivity contribution in [3.8, 4) is 0 Å². The molecule has 1 N–H and O–H groups in total. The fourth-order valence-electron chi connectivity index (χ4n) is 2.56. The smallest absolute Gasteiger partial charge is 0.226 e. The number of aliphatic hydroxyl groups is 1. The third-order valence-electron chi connectivity index (χ3n) is 3.82. The number of hydrogen-bond acceptors (Lipinski definition) is 2. The second-order valence-electron chi connectivity index (χ2n) is 5.27. The maximum Gasteiger partial charge on any atom is 0.226 e. The monoisotopic (exact) mass is 325 g/mol. The summed E-state index contributed by atoms with van der Waals surface area (Å²) in [6, 6.07) is 7.88. The molecule has 1 aliphatic rings. The molecule has 1 aromatic rings. The van der Waals surface area contributed by atoms with Crippen LogP contribution in [-0.4, -0.2) is 35.1 Å². The van der Waals surface area contributed by atoms with Crippen molar-refractivity contribution in [2.75, 3.05) is 13.1 Å². The Morgan fingerprint density at radius 3 is 2.74 bits per heavy atom. The number of nitrogens with zero attached hydrogens (tertiary/aromatic N) is 1. The summed E-state index contributed by atoms with van der Waals surface area (Å²) in [4.78, 5) is 14.1. The van der Waals surface area contributed by atoms with Crippen LogP contribution in [0.2, 0.25) is 0 Å². The van der Waals surface area contributed by atoms with Crippen LogP contribution in [0.1, 0.15) is 25.3 Å². The van der Waals surface area contributed by atoms with Crippen molar-refractivity contribution in [3.05, 3.63) is 34.3 Å². The number of likely N-dealkylation sites (tertiary alicyclic amines) is 1. The molecule has 1 amide bonds. The molecule has 3 nitrogen and oxygen atoms in total. The highest BCUT2D eigenvalue weighted by molar-refractivity contribution is 9.10. The molecule has 1 fully saturated rings. The predicted octanol–water partition coefficient (Wildman–Crippen LogP) is 2.61. The third-order valence-corrected chi connectivity index (χ3v) is 4.31. The zero-order chi connectivity index (χ0) is 13.8. The lowest BCUT2D eigenvalue weighted by Gasteiger charge is -2.33. The van der Waals surface area contributed by atoms with Gasteiger partial charge in [0.2, 0.25) is 5.91 Å². The molecule has 19 heavy (non-hydrogen) atoms. The first kappa shape index (κ1) is 14.5. The highest BCUT2D eigenvalue weighted by Crippen LogP contribution is 2.21. The van der Waals surface area contributed by atoms with E-state index < -0.39 is 0 Å². The number of benzene rings is 1. The number of hydrogen-bond donors (Lipinski definition) is 1. The minimum atomic E-state index is -0.262. The van der Waals surface area contributed by atoms with Crippen LogP contribution in [-0.2, 0) is 11.2 Å². The topological polar surface area (TPSA) is 40.5 Å². The Hall–Kier alpha value is -0.870. The first-order chi connectivity index (χ1) is 9.06. The quantitative estimate of drug-likeness (QED) is 0.928. The summed E-state index contributed by atoms with van der Waals surface area (Å²) >= 11 is 3.42. The molecule has 1 atom stereocenters. The van der Waals surface area contributed by atoms with E-state index in [0.29, 0.717) is 12.3 Å². The Bertz CT molecular complexity index is 440. The fraction of sp³-hybridized carbons (Fsp3) is 0.533. The van der Waals surface area contributed by atoms with Crippen LogP contribution < -0.4 is 0 Å². The minimum Gasteiger partial charge on any atom is -0.393 e. The maximum absolute atomic E-state index is 12.2. The summed E-state index contributed by atoms with van der Waals surface area (Å²) in [7, 11) is 0. The lowest BCUT2D eigenvalue weighted by atomic mass is 9.92. The lowest BCUT2D eigenvalue weighted by Crippen LogP contribution is -2.41. The van der Waals surface area contributed by atoms with Gasteiger partial charge in [0.05, 0.1) is 12.5 Å².